The van der Waals surface area contributed by atoms with E-state index in [0.717, 1.165) is 10.9 Å². The Labute approximate surface area is 96.1 Å². The smallest absolute Gasteiger partial charge is 0.203 e. The highest BCUT2D eigenvalue weighted by Crippen LogP contribution is 2.36. The van der Waals surface area contributed by atoms with Gasteiger partial charge in [-0.1, -0.05) is 0 Å². The minimum atomic E-state index is -0.153. The van der Waals surface area contributed by atoms with Crippen LogP contribution in [0.4, 0.5) is 0 Å². The lowest BCUT2D eigenvalue weighted by Gasteiger charge is -2.05. The van der Waals surface area contributed by atoms with Gasteiger partial charge in [0.15, 0.2) is 16.6 Å². The topological polar surface area (TPSA) is 63.6 Å². The van der Waals surface area contributed by atoms with Crippen molar-refractivity contribution in [1.29, 1.82) is 0 Å². The predicted molar refractivity (Wildman–Crippen MR) is 63.4 cm³/mol. The lowest BCUT2D eigenvalue weighted by atomic mass is 10.0. The third-order valence-electron chi connectivity index (χ3n) is 2.95. The van der Waals surface area contributed by atoms with Crippen molar-refractivity contribution in [1.82, 2.24) is 0 Å². The predicted octanol–water partition coefficient (Wildman–Crippen LogP) is 2.86. The summed E-state index contributed by atoms with van der Waals surface area (Å²) in [5, 5.41) is 11.2. The molecule has 4 heteroatoms. The first-order valence-electron chi connectivity index (χ1n) is 5.23. The van der Waals surface area contributed by atoms with E-state index in [9.17, 15) is 9.90 Å². The van der Waals surface area contributed by atoms with Crippen molar-refractivity contribution in [3.63, 3.8) is 0 Å². The lowest BCUT2D eigenvalue weighted by Crippen LogP contribution is -2.02. The van der Waals surface area contributed by atoms with E-state index >= 15 is 0 Å². The average molecular weight is 230 g/mol. The number of furan rings is 1. The molecule has 0 unspecified atom stereocenters. The van der Waals surface area contributed by atoms with Crippen LogP contribution in [0.15, 0.2) is 32.0 Å². The summed E-state index contributed by atoms with van der Waals surface area (Å²) in [7, 11) is 0. The van der Waals surface area contributed by atoms with Gasteiger partial charge in [-0.3, -0.25) is 4.79 Å². The second kappa shape index (κ2) is 3.13. The van der Waals surface area contributed by atoms with E-state index < -0.39 is 0 Å². The maximum atomic E-state index is 11.9. The highest BCUT2D eigenvalue weighted by atomic mass is 16.4. The Kier molecular flexibility index (Phi) is 1.84. The first kappa shape index (κ1) is 9.96. The fraction of sp³-hybridized carbons (Fsp3) is 0.154. The Morgan fingerprint density at radius 2 is 2.00 bits per heavy atom. The molecule has 0 saturated carbocycles. The molecule has 0 atom stereocenters. The molecule has 0 radical (unpaired) electrons. The first-order valence-corrected chi connectivity index (χ1v) is 5.23. The van der Waals surface area contributed by atoms with E-state index in [-0.39, 0.29) is 16.8 Å². The Hall–Kier alpha value is -2.23. The SMILES string of the molecule is Cc1cc(=O)c2c(C)c3ccoc3c(O)c2o1. The summed E-state index contributed by atoms with van der Waals surface area (Å²) in [5.74, 6) is 0.342. The fourth-order valence-corrected chi connectivity index (χ4v) is 2.16. The molecule has 0 aliphatic carbocycles. The van der Waals surface area contributed by atoms with Crippen LogP contribution in [0.5, 0.6) is 5.75 Å². The Morgan fingerprint density at radius 1 is 1.24 bits per heavy atom. The molecule has 86 valence electrons. The molecule has 0 fully saturated rings. The molecule has 0 spiro atoms. The number of benzene rings is 1. The second-order valence-corrected chi connectivity index (χ2v) is 4.06. The second-order valence-electron chi connectivity index (χ2n) is 4.06. The maximum Gasteiger partial charge on any atom is 0.203 e. The number of phenols is 1. The van der Waals surface area contributed by atoms with Gasteiger partial charge in [-0.15, -0.1) is 0 Å². The Balaban J connectivity index is 2.73. The molecule has 0 saturated heterocycles. The first-order chi connectivity index (χ1) is 8.09. The molecule has 17 heavy (non-hydrogen) atoms. The van der Waals surface area contributed by atoms with E-state index in [2.05, 4.69) is 0 Å². The van der Waals surface area contributed by atoms with Crippen LogP contribution in [0.3, 0.4) is 0 Å². The van der Waals surface area contributed by atoms with Crippen molar-refractivity contribution < 1.29 is 13.9 Å². The third kappa shape index (κ3) is 1.21. The molecule has 0 amide bonds. The largest absolute Gasteiger partial charge is 0.502 e. The molecule has 0 aliphatic rings. The molecule has 1 N–H and O–H groups in total. The number of phenolic OH excluding ortho intramolecular Hbond substituents is 1. The van der Waals surface area contributed by atoms with Crippen LogP contribution in [0.25, 0.3) is 21.9 Å². The number of hydrogen-bond donors (Lipinski definition) is 1. The molecule has 2 aromatic heterocycles. The summed E-state index contributed by atoms with van der Waals surface area (Å²) in [4.78, 5) is 11.9. The number of aromatic hydroxyl groups is 1. The van der Waals surface area contributed by atoms with Crippen molar-refractivity contribution >= 4 is 21.9 Å². The van der Waals surface area contributed by atoms with Gasteiger partial charge >= 0.3 is 0 Å². The number of hydrogen-bond acceptors (Lipinski definition) is 4. The van der Waals surface area contributed by atoms with Crippen molar-refractivity contribution in [2.75, 3.05) is 0 Å². The molecule has 0 aliphatic heterocycles. The minimum Gasteiger partial charge on any atom is -0.502 e. The number of rotatable bonds is 0. The van der Waals surface area contributed by atoms with E-state index in [1.165, 1.54) is 12.3 Å². The van der Waals surface area contributed by atoms with Crippen LogP contribution >= 0.6 is 0 Å². The van der Waals surface area contributed by atoms with Crippen molar-refractivity contribution in [2.24, 2.45) is 0 Å². The highest BCUT2D eigenvalue weighted by Gasteiger charge is 2.17. The summed E-state index contributed by atoms with van der Waals surface area (Å²) in [6, 6.07) is 3.14. The van der Waals surface area contributed by atoms with Crippen LogP contribution in [0.2, 0.25) is 0 Å². The molecule has 0 bridgehead atoms. The molecule has 4 nitrogen and oxygen atoms in total. The van der Waals surface area contributed by atoms with Crippen LogP contribution < -0.4 is 5.43 Å². The van der Waals surface area contributed by atoms with Gasteiger partial charge in [0.25, 0.3) is 0 Å². The zero-order valence-corrected chi connectivity index (χ0v) is 9.40. The van der Waals surface area contributed by atoms with E-state index in [1.807, 2.05) is 6.92 Å². The van der Waals surface area contributed by atoms with Gasteiger partial charge in [-0.25, -0.2) is 0 Å². The Morgan fingerprint density at radius 3 is 2.76 bits per heavy atom. The van der Waals surface area contributed by atoms with E-state index in [4.69, 9.17) is 8.83 Å². The third-order valence-corrected chi connectivity index (χ3v) is 2.95. The summed E-state index contributed by atoms with van der Waals surface area (Å²) in [6.45, 7) is 3.48. The number of aryl methyl sites for hydroxylation is 2. The van der Waals surface area contributed by atoms with Gasteiger partial charge in [-0.05, 0) is 25.5 Å². The van der Waals surface area contributed by atoms with Gasteiger partial charge in [0.1, 0.15) is 5.76 Å². The Bertz CT molecular complexity index is 792. The van der Waals surface area contributed by atoms with Gasteiger partial charge in [-0.2, -0.15) is 0 Å². The molecular weight excluding hydrogens is 220 g/mol. The molecule has 1 aromatic carbocycles. The van der Waals surface area contributed by atoms with Gasteiger partial charge in [0.05, 0.1) is 11.6 Å². The quantitative estimate of drug-likeness (QED) is 0.645. The van der Waals surface area contributed by atoms with Crippen molar-refractivity contribution in [3.05, 3.63) is 39.9 Å². The van der Waals surface area contributed by atoms with E-state index in [1.54, 1.807) is 13.0 Å². The lowest BCUT2D eigenvalue weighted by molar-refractivity contribution is 0.450. The standard InChI is InChI=1S/C13H10O4/c1-6-5-9(14)10-7(2)8-3-4-16-12(8)11(15)13(10)17-6/h3-5,15H,1-2H3. The normalized spacial score (nSPS) is 11.4. The zero-order chi connectivity index (χ0) is 12.2. The van der Waals surface area contributed by atoms with Gasteiger partial charge in [0.2, 0.25) is 5.75 Å². The van der Waals surface area contributed by atoms with Crippen LogP contribution in [0, 0.1) is 13.8 Å². The molecule has 3 aromatic rings. The summed E-state index contributed by atoms with van der Waals surface area (Å²) in [6.07, 6.45) is 1.48. The van der Waals surface area contributed by atoms with Gasteiger partial charge in [0, 0.05) is 11.5 Å². The van der Waals surface area contributed by atoms with Crippen LogP contribution in [0.1, 0.15) is 11.3 Å². The monoisotopic (exact) mass is 230 g/mol. The highest BCUT2D eigenvalue weighted by molar-refractivity contribution is 6.03. The zero-order valence-electron chi connectivity index (χ0n) is 9.40. The summed E-state index contributed by atoms with van der Waals surface area (Å²) in [5.41, 5.74) is 1.15. The molecule has 3 rings (SSSR count). The average Bonchev–Trinajstić information content (AvgIpc) is 2.74. The molecule has 2 heterocycles. The van der Waals surface area contributed by atoms with Crippen LogP contribution in [-0.4, -0.2) is 5.11 Å². The number of fused-ring (bicyclic) bond motifs is 2. The van der Waals surface area contributed by atoms with Crippen LogP contribution in [-0.2, 0) is 0 Å². The summed E-state index contributed by atoms with van der Waals surface area (Å²) >= 11 is 0. The maximum absolute atomic E-state index is 11.9. The molecular formula is C13H10O4. The van der Waals surface area contributed by atoms with Crippen molar-refractivity contribution in [2.45, 2.75) is 13.8 Å². The van der Waals surface area contributed by atoms with E-state index in [0.29, 0.717) is 16.7 Å². The van der Waals surface area contributed by atoms with Crippen molar-refractivity contribution in [3.8, 4) is 5.75 Å². The minimum absolute atomic E-state index is 0.119. The summed E-state index contributed by atoms with van der Waals surface area (Å²) < 4.78 is 10.6. The fourth-order valence-electron chi connectivity index (χ4n) is 2.16. The van der Waals surface area contributed by atoms with Gasteiger partial charge < -0.3 is 13.9 Å².